The number of benzene rings is 1. The van der Waals surface area contributed by atoms with Gasteiger partial charge in [-0.3, -0.25) is 4.31 Å². The number of nitriles is 1. The van der Waals surface area contributed by atoms with Gasteiger partial charge in [-0.2, -0.15) is 5.26 Å². The van der Waals surface area contributed by atoms with Crippen molar-refractivity contribution >= 4 is 25.7 Å². The first kappa shape index (κ1) is 18.4. The molecule has 0 fully saturated rings. The van der Waals surface area contributed by atoms with Crippen molar-refractivity contribution in [3.8, 4) is 6.07 Å². The predicted octanol–water partition coefficient (Wildman–Crippen LogP) is 0.654. The molecule has 0 saturated heterocycles. The van der Waals surface area contributed by atoms with Crippen LogP contribution in [-0.4, -0.2) is 41.9 Å². The molecule has 0 aromatic heterocycles. The molecule has 0 bridgehead atoms. The summed E-state index contributed by atoms with van der Waals surface area (Å²) in [6.45, 7) is 1.71. The second kappa shape index (κ2) is 7.58. The van der Waals surface area contributed by atoms with Crippen molar-refractivity contribution in [2.45, 2.75) is 13.3 Å². The van der Waals surface area contributed by atoms with E-state index >= 15 is 0 Å². The van der Waals surface area contributed by atoms with Crippen LogP contribution < -0.4 is 9.03 Å². The molecule has 1 N–H and O–H groups in total. The number of hydrogen-bond acceptors (Lipinski definition) is 5. The third kappa shape index (κ3) is 5.63. The van der Waals surface area contributed by atoms with Crippen LogP contribution >= 0.6 is 0 Å². The first-order valence-corrected chi connectivity index (χ1v) is 10.1. The van der Waals surface area contributed by atoms with E-state index in [0.717, 1.165) is 10.6 Å². The zero-order valence-electron chi connectivity index (χ0n) is 12.5. The van der Waals surface area contributed by atoms with Crippen LogP contribution in [0.4, 0.5) is 5.69 Å². The normalized spacial score (nSPS) is 11.9. The van der Waals surface area contributed by atoms with Crippen LogP contribution in [0.2, 0.25) is 0 Å². The average molecular weight is 345 g/mol. The van der Waals surface area contributed by atoms with Gasteiger partial charge in [-0.05, 0) is 30.7 Å². The molecule has 1 rings (SSSR count). The van der Waals surface area contributed by atoms with E-state index in [-0.39, 0.29) is 18.8 Å². The first-order chi connectivity index (χ1) is 10.2. The van der Waals surface area contributed by atoms with Crippen molar-refractivity contribution < 1.29 is 16.8 Å². The summed E-state index contributed by atoms with van der Waals surface area (Å²) in [5, 5.41) is 8.75. The lowest BCUT2D eigenvalue weighted by Crippen LogP contribution is -2.38. The number of rotatable bonds is 8. The Hall–Kier alpha value is -1.63. The van der Waals surface area contributed by atoms with E-state index < -0.39 is 20.0 Å². The molecular formula is C13H19N3O4S2. The Morgan fingerprint density at radius 2 is 1.77 bits per heavy atom. The smallest absolute Gasteiger partial charge is 0.232 e. The lowest BCUT2D eigenvalue weighted by Gasteiger charge is -2.22. The van der Waals surface area contributed by atoms with E-state index in [2.05, 4.69) is 4.72 Å². The molecular weight excluding hydrogens is 326 g/mol. The maximum Gasteiger partial charge on any atom is 0.232 e. The van der Waals surface area contributed by atoms with Crippen LogP contribution in [0.25, 0.3) is 0 Å². The van der Waals surface area contributed by atoms with Gasteiger partial charge in [0.1, 0.15) is 0 Å². The number of sulfonamides is 2. The zero-order valence-corrected chi connectivity index (χ0v) is 14.1. The zero-order chi connectivity index (χ0) is 16.8. The van der Waals surface area contributed by atoms with E-state index in [0.29, 0.717) is 17.7 Å². The summed E-state index contributed by atoms with van der Waals surface area (Å²) in [7, 11) is -6.93. The van der Waals surface area contributed by atoms with E-state index in [4.69, 9.17) is 5.26 Å². The Kier molecular flexibility index (Phi) is 6.34. The number of nitrogens with zero attached hydrogens (tertiary/aromatic N) is 2. The van der Waals surface area contributed by atoms with Crippen molar-refractivity contribution in [2.75, 3.05) is 29.4 Å². The molecule has 22 heavy (non-hydrogen) atoms. The largest absolute Gasteiger partial charge is 0.269 e. The fraction of sp³-hybridized carbons (Fsp3) is 0.462. The maximum atomic E-state index is 11.9. The minimum Gasteiger partial charge on any atom is -0.269 e. The van der Waals surface area contributed by atoms with Gasteiger partial charge in [0.05, 0.1) is 29.3 Å². The van der Waals surface area contributed by atoms with Gasteiger partial charge in [0.15, 0.2) is 0 Å². The summed E-state index contributed by atoms with van der Waals surface area (Å²) < 4.78 is 50.3. The monoisotopic (exact) mass is 345 g/mol. The van der Waals surface area contributed by atoms with Gasteiger partial charge in [-0.25, -0.2) is 21.6 Å². The lowest BCUT2D eigenvalue weighted by molar-refractivity contribution is 0.577. The molecule has 0 heterocycles. The molecule has 1 aromatic carbocycles. The summed E-state index contributed by atoms with van der Waals surface area (Å²) in [5.74, 6) is 0.00272. The molecule has 0 saturated carbocycles. The van der Waals surface area contributed by atoms with E-state index in [1.807, 2.05) is 6.07 Å². The third-order valence-corrected chi connectivity index (χ3v) is 5.58. The predicted molar refractivity (Wildman–Crippen MR) is 85.4 cm³/mol. The third-order valence-electron chi connectivity index (χ3n) is 2.79. The minimum absolute atomic E-state index is 0.00272. The number of anilines is 1. The van der Waals surface area contributed by atoms with Crippen molar-refractivity contribution in [2.24, 2.45) is 0 Å². The van der Waals surface area contributed by atoms with Gasteiger partial charge in [-0.15, -0.1) is 0 Å². The Labute approximate surface area is 131 Å². The van der Waals surface area contributed by atoms with E-state index in [1.54, 1.807) is 6.92 Å². The highest BCUT2D eigenvalue weighted by molar-refractivity contribution is 7.92. The molecule has 7 nitrogen and oxygen atoms in total. The molecule has 0 unspecified atom stereocenters. The fourth-order valence-corrected chi connectivity index (χ4v) is 3.84. The molecule has 0 radical (unpaired) electrons. The summed E-state index contributed by atoms with van der Waals surface area (Å²) in [4.78, 5) is 0. The summed E-state index contributed by atoms with van der Waals surface area (Å²) in [5.41, 5.74) is 0.803. The van der Waals surface area contributed by atoms with E-state index in [9.17, 15) is 16.8 Å². The Balaban J connectivity index is 2.85. The van der Waals surface area contributed by atoms with Gasteiger partial charge in [-0.1, -0.05) is 6.92 Å². The quantitative estimate of drug-likeness (QED) is 0.744. The number of hydrogen-bond donors (Lipinski definition) is 1. The van der Waals surface area contributed by atoms with Gasteiger partial charge < -0.3 is 0 Å². The van der Waals surface area contributed by atoms with Gasteiger partial charge >= 0.3 is 0 Å². The minimum atomic E-state index is -3.55. The standard InChI is InChI=1S/C13H19N3O4S2/c1-3-10-22(19,20)15-8-9-16(21(2,17)18)13-6-4-12(11-14)5-7-13/h4-7,15H,3,8-10H2,1-2H3. The Bertz CT molecular complexity index is 734. The fourth-order valence-electron chi connectivity index (χ4n) is 1.83. The first-order valence-electron chi connectivity index (χ1n) is 6.65. The van der Waals surface area contributed by atoms with Crippen molar-refractivity contribution in [3.05, 3.63) is 29.8 Å². The van der Waals surface area contributed by atoms with Crippen LogP contribution in [0.3, 0.4) is 0 Å². The molecule has 9 heteroatoms. The second-order valence-electron chi connectivity index (χ2n) is 4.71. The van der Waals surface area contributed by atoms with Crippen LogP contribution in [0.5, 0.6) is 0 Å². The van der Waals surface area contributed by atoms with Gasteiger partial charge in [0.25, 0.3) is 0 Å². The molecule has 0 amide bonds. The molecule has 0 atom stereocenters. The van der Waals surface area contributed by atoms with Crippen molar-refractivity contribution in [3.63, 3.8) is 0 Å². The van der Waals surface area contributed by atoms with E-state index in [1.165, 1.54) is 24.3 Å². The summed E-state index contributed by atoms with van der Waals surface area (Å²) in [6.07, 6.45) is 1.53. The summed E-state index contributed by atoms with van der Waals surface area (Å²) >= 11 is 0. The highest BCUT2D eigenvalue weighted by Gasteiger charge is 2.18. The highest BCUT2D eigenvalue weighted by atomic mass is 32.2. The Morgan fingerprint density at radius 1 is 1.18 bits per heavy atom. The Morgan fingerprint density at radius 3 is 2.23 bits per heavy atom. The van der Waals surface area contributed by atoms with Crippen LogP contribution in [0.15, 0.2) is 24.3 Å². The highest BCUT2D eigenvalue weighted by Crippen LogP contribution is 2.17. The van der Waals surface area contributed by atoms with Gasteiger partial charge in [0, 0.05) is 13.1 Å². The second-order valence-corrected chi connectivity index (χ2v) is 8.54. The molecule has 0 aliphatic carbocycles. The van der Waals surface area contributed by atoms with Crippen LogP contribution in [0, 0.1) is 11.3 Å². The molecule has 0 spiro atoms. The average Bonchev–Trinajstić information content (AvgIpc) is 2.42. The molecule has 0 aliphatic heterocycles. The molecule has 122 valence electrons. The van der Waals surface area contributed by atoms with Crippen LogP contribution in [0.1, 0.15) is 18.9 Å². The topological polar surface area (TPSA) is 107 Å². The maximum absolute atomic E-state index is 11.9. The van der Waals surface area contributed by atoms with Crippen LogP contribution in [-0.2, 0) is 20.0 Å². The summed E-state index contributed by atoms with van der Waals surface area (Å²) in [6, 6.07) is 7.99. The van der Waals surface area contributed by atoms with Crippen molar-refractivity contribution in [1.82, 2.24) is 4.72 Å². The molecule has 1 aromatic rings. The SMILES string of the molecule is CCCS(=O)(=O)NCCN(c1ccc(C#N)cc1)S(C)(=O)=O. The number of nitrogens with one attached hydrogen (secondary N) is 1. The molecule has 0 aliphatic rings. The van der Waals surface area contributed by atoms with Gasteiger partial charge in [0.2, 0.25) is 20.0 Å². The van der Waals surface area contributed by atoms with Crippen molar-refractivity contribution in [1.29, 1.82) is 5.26 Å². The lowest BCUT2D eigenvalue weighted by atomic mass is 10.2.